The Kier molecular flexibility index (Phi) is 4.93. The summed E-state index contributed by atoms with van der Waals surface area (Å²) in [6.07, 6.45) is 1.71. The predicted octanol–water partition coefficient (Wildman–Crippen LogP) is 5.13. The van der Waals surface area contributed by atoms with Crippen molar-refractivity contribution in [1.29, 1.82) is 0 Å². The summed E-state index contributed by atoms with van der Waals surface area (Å²) in [4.78, 5) is 12.1. The first-order valence-electron chi connectivity index (χ1n) is 9.08. The van der Waals surface area contributed by atoms with Crippen molar-refractivity contribution in [3.63, 3.8) is 0 Å². The van der Waals surface area contributed by atoms with E-state index in [1.165, 1.54) is 6.07 Å². The van der Waals surface area contributed by atoms with Crippen LogP contribution in [0.2, 0.25) is 0 Å². The highest BCUT2D eigenvalue weighted by atomic mass is 19.1. The quantitative estimate of drug-likeness (QED) is 0.506. The molecule has 0 fully saturated rings. The normalized spacial score (nSPS) is 11.1. The smallest absolute Gasteiger partial charge is 0.178 e. The summed E-state index contributed by atoms with van der Waals surface area (Å²) in [5, 5.41) is 0. The van der Waals surface area contributed by atoms with Crippen molar-refractivity contribution in [3.05, 3.63) is 72.2 Å². The van der Waals surface area contributed by atoms with Crippen LogP contribution in [0.4, 0.5) is 4.39 Å². The molecule has 0 atom stereocenters. The van der Waals surface area contributed by atoms with Gasteiger partial charge in [-0.1, -0.05) is 18.2 Å². The Morgan fingerprint density at radius 1 is 1.07 bits per heavy atom. The van der Waals surface area contributed by atoms with E-state index in [-0.39, 0.29) is 18.5 Å². The maximum atomic E-state index is 13.8. The number of fused-ring (bicyclic) bond motifs is 1. The minimum Gasteiger partial charge on any atom is -0.490 e. The number of pyridine rings is 1. The van der Waals surface area contributed by atoms with E-state index >= 15 is 0 Å². The third-order valence-corrected chi connectivity index (χ3v) is 4.18. The molecule has 0 aliphatic rings. The fraction of sp³-hybridized carbons (Fsp3) is 0.182. The van der Waals surface area contributed by atoms with Gasteiger partial charge < -0.3 is 14.5 Å². The second-order valence-electron chi connectivity index (χ2n) is 6.66. The molecule has 28 heavy (non-hydrogen) atoms. The lowest BCUT2D eigenvalue weighted by atomic mass is 10.1. The minimum atomic E-state index is -0.286. The molecule has 4 rings (SSSR count). The maximum Gasteiger partial charge on any atom is 0.178 e. The molecule has 0 unspecified atom stereocenters. The maximum absolute atomic E-state index is 13.8. The van der Waals surface area contributed by atoms with Gasteiger partial charge in [-0.3, -0.25) is 0 Å². The molecule has 0 saturated heterocycles. The molecular weight excluding hydrogens is 357 g/mol. The van der Waals surface area contributed by atoms with Gasteiger partial charge in [0.05, 0.1) is 17.2 Å². The van der Waals surface area contributed by atoms with Crippen LogP contribution in [0, 0.1) is 5.82 Å². The molecular formula is C22H20FN3O2. The Hall–Kier alpha value is -3.41. The highest BCUT2D eigenvalue weighted by molar-refractivity contribution is 5.78. The highest BCUT2D eigenvalue weighted by Gasteiger charge is 2.15. The molecule has 5 nitrogen and oxygen atoms in total. The van der Waals surface area contributed by atoms with E-state index in [1.54, 1.807) is 24.4 Å². The first-order chi connectivity index (χ1) is 13.6. The zero-order valence-corrected chi connectivity index (χ0v) is 15.6. The predicted molar refractivity (Wildman–Crippen MR) is 106 cm³/mol. The molecule has 142 valence electrons. The van der Waals surface area contributed by atoms with Crippen LogP contribution in [0.15, 0.2) is 60.8 Å². The van der Waals surface area contributed by atoms with E-state index < -0.39 is 0 Å². The largest absolute Gasteiger partial charge is 0.490 e. The number of nitrogens with one attached hydrogen (secondary N) is 1. The van der Waals surface area contributed by atoms with Gasteiger partial charge in [0.15, 0.2) is 5.65 Å². The average Bonchev–Trinajstić information content (AvgIpc) is 3.12. The summed E-state index contributed by atoms with van der Waals surface area (Å²) in [5.41, 5.74) is 2.73. The number of rotatable bonds is 6. The van der Waals surface area contributed by atoms with E-state index in [1.807, 2.05) is 44.2 Å². The Bertz CT molecular complexity index is 1070. The van der Waals surface area contributed by atoms with E-state index in [9.17, 15) is 4.39 Å². The number of benzene rings is 2. The van der Waals surface area contributed by atoms with Gasteiger partial charge in [-0.25, -0.2) is 14.4 Å². The monoisotopic (exact) mass is 377 g/mol. The second kappa shape index (κ2) is 7.68. The summed E-state index contributed by atoms with van der Waals surface area (Å²) in [7, 11) is 0. The van der Waals surface area contributed by atoms with Crippen molar-refractivity contribution in [2.75, 3.05) is 0 Å². The first-order valence-corrected chi connectivity index (χ1v) is 9.08. The molecule has 4 aromatic rings. The molecule has 2 aromatic heterocycles. The number of hydrogen-bond acceptors (Lipinski definition) is 4. The van der Waals surface area contributed by atoms with Crippen LogP contribution in [0.5, 0.6) is 11.5 Å². The lowest BCUT2D eigenvalue weighted by Crippen LogP contribution is -2.07. The van der Waals surface area contributed by atoms with Gasteiger partial charge in [-0.2, -0.15) is 0 Å². The Labute approximate surface area is 162 Å². The number of aromatic nitrogens is 3. The topological polar surface area (TPSA) is 60.0 Å². The van der Waals surface area contributed by atoms with Crippen molar-refractivity contribution in [3.8, 4) is 22.9 Å². The Morgan fingerprint density at radius 2 is 1.93 bits per heavy atom. The molecule has 2 aromatic carbocycles. The van der Waals surface area contributed by atoms with E-state index in [0.717, 1.165) is 11.1 Å². The number of aromatic amines is 1. The molecule has 0 radical (unpaired) electrons. The van der Waals surface area contributed by atoms with Crippen molar-refractivity contribution < 1.29 is 13.9 Å². The SMILES string of the molecule is CC(C)Oc1ccc(OCc2ccccc2F)cc1-c1nc2ncccc2[nH]1. The second-order valence-corrected chi connectivity index (χ2v) is 6.66. The van der Waals surface area contributed by atoms with Gasteiger partial charge in [0.2, 0.25) is 0 Å². The molecule has 6 heteroatoms. The number of imidazole rings is 1. The van der Waals surface area contributed by atoms with Crippen LogP contribution in [-0.4, -0.2) is 21.1 Å². The van der Waals surface area contributed by atoms with Crippen LogP contribution >= 0.6 is 0 Å². The number of hydrogen-bond donors (Lipinski definition) is 1. The minimum absolute atomic E-state index is 0.00596. The molecule has 0 bridgehead atoms. The summed E-state index contributed by atoms with van der Waals surface area (Å²) in [6.45, 7) is 4.07. The number of ether oxygens (including phenoxy) is 2. The Balaban J connectivity index is 1.68. The Morgan fingerprint density at radius 3 is 2.71 bits per heavy atom. The lowest BCUT2D eigenvalue weighted by Gasteiger charge is -2.15. The summed E-state index contributed by atoms with van der Waals surface area (Å²) >= 11 is 0. The summed E-state index contributed by atoms with van der Waals surface area (Å²) in [5.74, 6) is 1.64. The van der Waals surface area contributed by atoms with Gasteiger partial charge in [0, 0.05) is 11.8 Å². The molecule has 0 saturated carbocycles. The molecule has 2 heterocycles. The van der Waals surface area contributed by atoms with Crippen molar-refractivity contribution >= 4 is 11.2 Å². The molecule has 0 aliphatic heterocycles. The van der Waals surface area contributed by atoms with Gasteiger partial charge in [0.1, 0.15) is 29.7 Å². The van der Waals surface area contributed by atoms with Crippen LogP contribution in [0.3, 0.4) is 0 Å². The van der Waals surface area contributed by atoms with Gasteiger partial charge in [-0.05, 0) is 50.2 Å². The average molecular weight is 377 g/mol. The third kappa shape index (κ3) is 3.81. The summed E-state index contributed by atoms with van der Waals surface area (Å²) < 4.78 is 25.6. The first kappa shape index (κ1) is 18.0. The highest BCUT2D eigenvalue weighted by Crippen LogP contribution is 2.34. The number of H-pyrrole nitrogens is 1. The number of nitrogens with zero attached hydrogens (tertiary/aromatic N) is 2. The van der Waals surface area contributed by atoms with Crippen molar-refractivity contribution in [2.45, 2.75) is 26.6 Å². The van der Waals surface area contributed by atoms with Crippen LogP contribution in [0.25, 0.3) is 22.6 Å². The van der Waals surface area contributed by atoms with Gasteiger partial charge in [0.25, 0.3) is 0 Å². The van der Waals surface area contributed by atoms with E-state index in [2.05, 4.69) is 15.0 Å². The van der Waals surface area contributed by atoms with Gasteiger partial charge >= 0.3 is 0 Å². The molecule has 1 N–H and O–H groups in total. The zero-order valence-electron chi connectivity index (χ0n) is 15.6. The lowest BCUT2D eigenvalue weighted by molar-refractivity contribution is 0.242. The van der Waals surface area contributed by atoms with Crippen LogP contribution in [-0.2, 0) is 6.61 Å². The van der Waals surface area contributed by atoms with Crippen molar-refractivity contribution in [1.82, 2.24) is 15.0 Å². The fourth-order valence-electron chi connectivity index (χ4n) is 2.89. The zero-order chi connectivity index (χ0) is 19.5. The van der Waals surface area contributed by atoms with Crippen LogP contribution < -0.4 is 9.47 Å². The summed E-state index contributed by atoms with van der Waals surface area (Å²) in [6, 6.07) is 15.8. The third-order valence-electron chi connectivity index (χ3n) is 4.18. The molecule has 0 spiro atoms. The van der Waals surface area contributed by atoms with Crippen molar-refractivity contribution in [2.24, 2.45) is 0 Å². The molecule has 0 amide bonds. The standard InChI is InChI=1S/C22H20FN3O2/c1-14(2)28-20-10-9-16(27-13-15-6-3-4-7-18(15)23)12-17(20)21-25-19-8-5-11-24-22(19)26-21/h3-12,14H,13H2,1-2H3,(H,24,25,26). The molecule has 0 aliphatic carbocycles. The van der Waals surface area contributed by atoms with Gasteiger partial charge in [-0.15, -0.1) is 0 Å². The number of halogens is 1. The fourth-order valence-corrected chi connectivity index (χ4v) is 2.89. The van der Waals surface area contributed by atoms with Crippen LogP contribution in [0.1, 0.15) is 19.4 Å². The van der Waals surface area contributed by atoms with E-state index in [4.69, 9.17) is 9.47 Å². The van der Waals surface area contributed by atoms with E-state index in [0.29, 0.717) is 28.5 Å².